The van der Waals surface area contributed by atoms with Gasteiger partial charge in [-0.1, -0.05) is 60.7 Å². The second kappa shape index (κ2) is 9.48. The molecule has 4 aromatic rings. The third kappa shape index (κ3) is 4.48. The fraction of sp³-hybridized carbons (Fsp3) is 0.200. The molecule has 154 valence electrons. The van der Waals surface area contributed by atoms with E-state index in [0.717, 1.165) is 33.5 Å². The number of aliphatic hydroxyl groups excluding tert-OH is 1. The van der Waals surface area contributed by atoms with Crippen molar-refractivity contribution in [1.82, 2.24) is 10.3 Å². The van der Waals surface area contributed by atoms with Gasteiger partial charge in [0.15, 0.2) is 0 Å². The van der Waals surface area contributed by atoms with Crippen LogP contribution in [0, 0.1) is 0 Å². The summed E-state index contributed by atoms with van der Waals surface area (Å²) in [5.41, 5.74) is 3.06. The van der Waals surface area contributed by atoms with Gasteiger partial charge in [0.25, 0.3) is 0 Å². The zero-order chi connectivity index (χ0) is 20.8. The third-order valence-corrected chi connectivity index (χ3v) is 5.01. The maximum Gasteiger partial charge on any atom is 0.143 e. The Labute approximate surface area is 175 Å². The average Bonchev–Trinajstić information content (AvgIpc) is 3.17. The summed E-state index contributed by atoms with van der Waals surface area (Å²) in [7, 11) is 1.66. The Bertz CT molecular complexity index is 1150. The van der Waals surface area contributed by atoms with E-state index in [1.807, 2.05) is 60.7 Å². The molecule has 1 aromatic heterocycles. The van der Waals surface area contributed by atoms with Crippen LogP contribution < -0.4 is 14.8 Å². The first-order valence-electron chi connectivity index (χ1n) is 10.1. The van der Waals surface area contributed by atoms with Crippen molar-refractivity contribution < 1.29 is 14.6 Å². The maximum absolute atomic E-state index is 10.3. The lowest BCUT2D eigenvalue weighted by atomic mass is 10.1. The van der Waals surface area contributed by atoms with Crippen LogP contribution in [0.2, 0.25) is 0 Å². The van der Waals surface area contributed by atoms with Crippen LogP contribution in [0.1, 0.15) is 5.56 Å². The summed E-state index contributed by atoms with van der Waals surface area (Å²) in [6.07, 6.45) is 3.41. The largest absolute Gasteiger partial charge is 0.496 e. The first-order valence-corrected chi connectivity index (χ1v) is 10.1. The fourth-order valence-corrected chi connectivity index (χ4v) is 3.53. The van der Waals surface area contributed by atoms with Gasteiger partial charge >= 0.3 is 0 Å². The summed E-state index contributed by atoms with van der Waals surface area (Å²) in [5.74, 6) is 1.59. The van der Waals surface area contributed by atoms with Crippen molar-refractivity contribution in [3.05, 3.63) is 78.4 Å². The Morgan fingerprint density at radius 2 is 1.73 bits per heavy atom. The van der Waals surface area contributed by atoms with E-state index in [4.69, 9.17) is 9.47 Å². The Morgan fingerprint density at radius 3 is 2.63 bits per heavy atom. The van der Waals surface area contributed by atoms with Crippen LogP contribution in [0.4, 0.5) is 0 Å². The molecule has 0 spiro atoms. The first-order chi connectivity index (χ1) is 14.8. The summed E-state index contributed by atoms with van der Waals surface area (Å²) < 4.78 is 11.2. The lowest BCUT2D eigenvalue weighted by Gasteiger charge is -2.13. The minimum atomic E-state index is -0.607. The predicted molar refractivity (Wildman–Crippen MR) is 122 cm³/mol. The Hall–Kier alpha value is -3.28. The minimum Gasteiger partial charge on any atom is -0.496 e. The molecule has 1 heterocycles. The monoisotopic (exact) mass is 402 g/mol. The summed E-state index contributed by atoms with van der Waals surface area (Å²) in [6.45, 7) is 1.31. The van der Waals surface area contributed by atoms with Gasteiger partial charge in [0.2, 0.25) is 0 Å². The average molecular weight is 402 g/mol. The lowest BCUT2D eigenvalue weighted by Crippen LogP contribution is -2.31. The van der Waals surface area contributed by atoms with E-state index in [1.165, 1.54) is 5.39 Å². The van der Waals surface area contributed by atoms with Gasteiger partial charge in [-0.25, -0.2) is 0 Å². The molecule has 1 atom stereocenters. The highest BCUT2D eigenvalue weighted by atomic mass is 16.5. The molecule has 0 saturated carbocycles. The Morgan fingerprint density at radius 1 is 0.967 bits per heavy atom. The molecule has 30 heavy (non-hydrogen) atoms. The molecular weight excluding hydrogens is 376 g/mol. The molecule has 3 aromatic carbocycles. The molecule has 4 rings (SSSR count). The number of hydrogen-bond acceptors (Lipinski definition) is 4. The van der Waals surface area contributed by atoms with Gasteiger partial charge in [-0.3, -0.25) is 0 Å². The van der Waals surface area contributed by atoms with Crippen molar-refractivity contribution in [2.45, 2.75) is 6.10 Å². The summed E-state index contributed by atoms with van der Waals surface area (Å²) in [4.78, 5) is 3.41. The standard InChI is InChI=1S/C25H26N2O3/c1-29-23-13-5-2-8-18(23)9-7-15-26-16-19(28)17-30-24-14-6-11-21-20-10-3-4-12-22(20)27-25(21)24/h2-14,19,26-28H,15-17H2,1H3. The number of methoxy groups -OCH3 is 1. The highest BCUT2D eigenvalue weighted by Gasteiger charge is 2.10. The van der Waals surface area contributed by atoms with E-state index in [-0.39, 0.29) is 6.61 Å². The van der Waals surface area contributed by atoms with Crippen LogP contribution in [-0.4, -0.2) is 43.0 Å². The molecule has 0 amide bonds. The summed E-state index contributed by atoms with van der Waals surface area (Å²) >= 11 is 0. The maximum atomic E-state index is 10.3. The number of benzene rings is 3. The van der Waals surface area contributed by atoms with E-state index in [0.29, 0.717) is 13.1 Å². The number of aromatic nitrogens is 1. The number of para-hydroxylation sites is 3. The molecule has 1 unspecified atom stereocenters. The van der Waals surface area contributed by atoms with E-state index in [2.05, 4.69) is 28.5 Å². The van der Waals surface area contributed by atoms with Gasteiger partial charge in [0, 0.05) is 34.9 Å². The van der Waals surface area contributed by atoms with Crippen LogP contribution in [0.15, 0.2) is 72.8 Å². The molecule has 0 aliphatic carbocycles. The first kappa shape index (κ1) is 20.0. The molecule has 0 radical (unpaired) electrons. The van der Waals surface area contributed by atoms with Crippen LogP contribution in [0.25, 0.3) is 27.9 Å². The molecule has 0 bridgehead atoms. The summed E-state index contributed by atoms with van der Waals surface area (Å²) in [6, 6.07) is 22.0. The molecule has 5 heteroatoms. The van der Waals surface area contributed by atoms with Gasteiger partial charge < -0.3 is 24.9 Å². The van der Waals surface area contributed by atoms with Crippen LogP contribution >= 0.6 is 0 Å². The van der Waals surface area contributed by atoms with Crippen LogP contribution in [-0.2, 0) is 0 Å². The highest BCUT2D eigenvalue weighted by Crippen LogP contribution is 2.31. The van der Waals surface area contributed by atoms with E-state index < -0.39 is 6.10 Å². The quantitative estimate of drug-likeness (QED) is 0.364. The van der Waals surface area contributed by atoms with E-state index in [1.54, 1.807) is 7.11 Å². The van der Waals surface area contributed by atoms with Crippen LogP contribution in [0.3, 0.4) is 0 Å². The topological polar surface area (TPSA) is 66.5 Å². The van der Waals surface area contributed by atoms with Crippen molar-refractivity contribution in [1.29, 1.82) is 0 Å². The molecule has 0 aliphatic heterocycles. The molecule has 5 nitrogen and oxygen atoms in total. The number of hydrogen-bond donors (Lipinski definition) is 3. The SMILES string of the molecule is COc1ccccc1C=CCNCC(O)COc1cccc2c1[nH]c1ccccc12. The van der Waals surface area contributed by atoms with Crippen molar-refractivity contribution >= 4 is 27.9 Å². The van der Waals surface area contributed by atoms with Gasteiger partial charge in [-0.05, 0) is 18.2 Å². The highest BCUT2D eigenvalue weighted by molar-refractivity contribution is 6.09. The predicted octanol–water partition coefficient (Wildman–Crippen LogP) is 4.37. The number of rotatable bonds is 9. The molecule has 0 saturated heterocycles. The van der Waals surface area contributed by atoms with Crippen molar-refractivity contribution in [2.24, 2.45) is 0 Å². The number of ether oxygens (including phenoxy) is 2. The Balaban J connectivity index is 1.29. The molecule has 3 N–H and O–H groups in total. The number of fused-ring (bicyclic) bond motifs is 3. The van der Waals surface area contributed by atoms with E-state index in [9.17, 15) is 5.11 Å². The molecule has 0 aliphatic rings. The van der Waals surface area contributed by atoms with Crippen molar-refractivity contribution in [3.63, 3.8) is 0 Å². The summed E-state index contributed by atoms with van der Waals surface area (Å²) in [5, 5.41) is 15.8. The smallest absolute Gasteiger partial charge is 0.143 e. The number of nitrogens with one attached hydrogen (secondary N) is 2. The van der Waals surface area contributed by atoms with Crippen molar-refractivity contribution in [3.8, 4) is 11.5 Å². The van der Waals surface area contributed by atoms with Gasteiger partial charge in [-0.2, -0.15) is 0 Å². The van der Waals surface area contributed by atoms with E-state index >= 15 is 0 Å². The van der Waals surface area contributed by atoms with Crippen LogP contribution in [0.5, 0.6) is 11.5 Å². The number of aliphatic hydroxyl groups is 1. The Kier molecular flexibility index (Phi) is 6.32. The second-order valence-corrected chi connectivity index (χ2v) is 7.12. The van der Waals surface area contributed by atoms with Gasteiger partial charge in [-0.15, -0.1) is 0 Å². The van der Waals surface area contributed by atoms with Gasteiger partial charge in [0.1, 0.15) is 24.2 Å². The second-order valence-electron chi connectivity index (χ2n) is 7.12. The minimum absolute atomic E-state index is 0.220. The fourth-order valence-electron chi connectivity index (χ4n) is 3.53. The number of H-pyrrole nitrogens is 1. The van der Waals surface area contributed by atoms with Crippen molar-refractivity contribution in [2.75, 3.05) is 26.8 Å². The zero-order valence-electron chi connectivity index (χ0n) is 17.0. The molecule has 0 fully saturated rings. The number of aromatic amines is 1. The third-order valence-electron chi connectivity index (χ3n) is 5.01. The normalized spacial score (nSPS) is 12.6. The zero-order valence-corrected chi connectivity index (χ0v) is 17.0. The molecular formula is C25H26N2O3. The van der Waals surface area contributed by atoms with Gasteiger partial charge in [0.05, 0.1) is 12.6 Å². The lowest BCUT2D eigenvalue weighted by molar-refractivity contribution is 0.108.